The lowest BCUT2D eigenvalue weighted by atomic mass is 10.2. The second kappa shape index (κ2) is 8.72. The maximum Gasteiger partial charge on any atom is 0.340 e. The lowest BCUT2D eigenvalue weighted by Crippen LogP contribution is -2.36. The quantitative estimate of drug-likeness (QED) is 0.752. The van der Waals surface area contributed by atoms with Crippen molar-refractivity contribution in [2.45, 2.75) is 6.04 Å². The topological polar surface area (TPSA) is 70.7 Å². The molecule has 9 heteroatoms. The first-order valence-electron chi connectivity index (χ1n) is 7.65. The summed E-state index contributed by atoms with van der Waals surface area (Å²) in [5.74, 6) is -3.02. The molecule has 0 fully saturated rings. The minimum Gasteiger partial charge on any atom is -0.465 e. The SMILES string of the molecule is COC(=O)c1cc(NC(=O)NC[C@@H](c2cccs2)N(C)C)c(F)cc1F. The van der Waals surface area contributed by atoms with E-state index >= 15 is 0 Å². The number of amides is 2. The minimum absolute atomic E-state index is 0.0514. The van der Waals surface area contributed by atoms with Crippen LogP contribution in [0, 0.1) is 11.6 Å². The highest BCUT2D eigenvalue weighted by Crippen LogP contribution is 2.23. The first-order chi connectivity index (χ1) is 12.3. The molecule has 2 aromatic rings. The Bertz CT molecular complexity index is 782. The van der Waals surface area contributed by atoms with Crippen molar-refractivity contribution in [2.24, 2.45) is 0 Å². The number of halogens is 2. The van der Waals surface area contributed by atoms with Crippen LogP contribution in [0.2, 0.25) is 0 Å². The number of carbonyl (C=O) groups excluding carboxylic acids is 2. The highest BCUT2D eigenvalue weighted by Gasteiger charge is 2.19. The van der Waals surface area contributed by atoms with Crippen molar-refractivity contribution in [3.05, 3.63) is 51.7 Å². The smallest absolute Gasteiger partial charge is 0.340 e. The van der Waals surface area contributed by atoms with Crippen LogP contribution in [0.3, 0.4) is 0 Å². The van der Waals surface area contributed by atoms with Gasteiger partial charge >= 0.3 is 12.0 Å². The molecule has 6 nitrogen and oxygen atoms in total. The number of carbonyl (C=O) groups is 2. The van der Waals surface area contributed by atoms with Crippen LogP contribution in [-0.4, -0.2) is 44.7 Å². The fourth-order valence-corrected chi connectivity index (χ4v) is 3.21. The van der Waals surface area contributed by atoms with Crippen molar-refractivity contribution in [1.29, 1.82) is 0 Å². The molecule has 2 N–H and O–H groups in total. The molecule has 140 valence electrons. The van der Waals surface area contributed by atoms with Crippen LogP contribution in [0.1, 0.15) is 21.3 Å². The van der Waals surface area contributed by atoms with Crippen molar-refractivity contribution < 1.29 is 23.1 Å². The van der Waals surface area contributed by atoms with Gasteiger partial charge in [0.15, 0.2) is 0 Å². The normalized spacial score (nSPS) is 11.9. The number of esters is 1. The number of anilines is 1. The Morgan fingerprint density at radius 1 is 1.27 bits per heavy atom. The third-order valence-corrected chi connectivity index (χ3v) is 4.63. The fraction of sp³-hybridized carbons (Fsp3) is 0.294. The molecule has 0 saturated carbocycles. The fourth-order valence-electron chi connectivity index (χ4n) is 2.29. The van der Waals surface area contributed by atoms with Crippen LogP contribution in [-0.2, 0) is 4.74 Å². The summed E-state index contributed by atoms with van der Waals surface area (Å²) in [6.07, 6.45) is 0. The number of benzene rings is 1. The largest absolute Gasteiger partial charge is 0.465 e. The van der Waals surface area contributed by atoms with Gasteiger partial charge in [0.05, 0.1) is 24.4 Å². The molecule has 2 amide bonds. The summed E-state index contributed by atoms with van der Waals surface area (Å²) < 4.78 is 31.9. The molecule has 0 radical (unpaired) electrons. The van der Waals surface area contributed by atoms with Crippen molar-refractivity contribution in [3.63, 3.8) is 0 Å². The van der Waals surface area contributed by atoms with Gasteiger partial charge in [-0.25, -0.2) is 18.4 Å². The summed E-state index contributed by atoms with van der Waals surface area (Å²) in [5, 5.41) is 6.86. The third kappa shape index (κ3) is 4.77. The van der Waals surface area contributed by atoms with Gasteiger partial charge in [-0.1, -0.05) is 6.07 Å². The third-order valence-electron chi connectivity index (χ3n) is 3.66. The van der Waals surface area contributed by atoms with Gasteiger partial charge < -0.3 is 20.3 Å². The Morgan fingerprint density at radius 2 is 2.00 bits per heavy atom. The lowest BCUT2D eigenvalue weighted by Gasteiger charge is -2.23. The van der Waals surface area contributed by atoms with Crippen LogP contribution in [0.4, 0.5) is 19.3 Å². The molecule has 1 heterocycles. The number of hydrogen-bond acceptors (Lipinski definition) is 5. The van der Waals surface area contributed by atoms with Crippen LogP contribution in [0.15, 0.2) is 29.6 Å². The summed E-state index contributed by atoms with van der Waals surface area (Å²) in [7, 11) is 4.84. The maximum absolute atomic E-state index is 13.9. The number of urea groups is 1. The summed E-state index contributed by atoms with van der Waals surface area (Å²) in [6, 6.07) is 4.57. The summed E-state index contributed by atoms with van der Waals surface area (Å²) in [6.45, 7) is 0.284. The number of ether oxygens (including phenoxy) is 1. The molecule has 1 aromatic heterocycles. The zero-order valence-corrected chi connectivity index (χ0v) is 15.3. The van der Waals surface area contributed by atoms with Crippen molar-refractivity contribution >= 4 is 29.0 Å². The van der Waals surface area contributed by atoms with Gasteiger partial charge in [0.1, 0.15) is 11.6 Å². The maximum atomic E-state index is 13.9. The predicted molar refractivity (Wildman–Crippen MR) is 95.5 cm³/mol. The van der Waals surface area contributed by atoms with E-state index in [-0.39, 0.29) is 18.3 Å². The first-order valence-corrected chi connectivity index (χ1v) is 8.53. The van der Waals surface area contributed by atoms with Crippen LogP contribution in [0.5, 0.6) is 0 Å². The van der Waals surface area contributed by atoms with Crippen molar-refractivity contribution in [2.75, 3.05) is 33.1 Å². The zero-order valence-electron chi connectivity index (χ0n) is 14.5. The first kappa shape index (κ1) is 19.8. The van der Waals surface area contributed by atoms with E-state index in [1.807, 2.05) is 36.5 Å². The number of thiophene rings is 1. The number of nitrogens with zero attached hydrogens (tertiary/aromatic N) is 1. The van der Waals surface area contributed by atoms with Gasteiger partial charge in [-0.15, -0.1) is 11.3 Å². The molecule has 0 unspecified atom stereocenters. The predicted octanol–water partition coefficient (Wildman–Crippen LogP) is 3.24. The Balaban J connectivity index is 2.06. The molecule has 1 aromatic carbocycles. The highest BCUT2D eigenvalue weighted by atomic mass is 32.1. The molecule has 0 aliphatic rings. The lowest BCUT2D eigenvalue weighted by molar-refractivity contribution is 0.0595. The molecular formula is C17H19F2N3O3S. The van der Waals surface area contributed by atoms with Crippen LogP contribution < -0.4 is 10.6 Å². The van der Waals surface area contributed by atoms with Gasteiger partial charge in [0, 0.05) is 17.5 Å². The van der Waals surface area contributed by atoms with Gasteiger partial charge in [-0.2, -0.15) is 0 Å². The number of hydrogen-bond donors (Lipinski definition) is 2. The molecule has 1 atom stereocenters. The van der Waals surface area contributed by atoms with E-state index < -0.39 is 29.2 Å². The Hall–Kier alpha value is -2.52. The summed E-state index contributed by atoms with van der Waals surface area (Å²) in [5.41, 5.74) is -0.782. The van der Waals surface area contributed by atoms with Gasteiger partial charge in [0.25, 0.3) is 0 Å². The van der Waals surface area contributed by atoms with Gasteiger partial charge in [-0.3, -0.25) is 0 Å². The number of nitrogens with one attached hydrogen (secondary N) is 2. The summed E-state index contributed by atoms with van der Waals surface area (Å²) >= 11 is 1.56. The zero-order chi connectivity index (χ0) is 19.3. The van der Waals surface area contributed by atoms with Crippen molar-refractivity contribution in [1.82, 2.24) is 10.2 Å². The van der Waals surface area contributed by atoms with E-state index in [2.05, 4.69) is 15.4 Å². The van der Waals surface area contributed by atoms with E-state index in [9.17, 15) is 18.4 Å². The average Bonchev–Trinajstić information content (AvgIpc) is 3.10. The monoisotopic (exact) mass is 383 g/mol. The van der Waals surface area contributed by atoms with E-state index in [0.29, 0.717) is 6.07 Å². The van der Waals surface area contributed by atoms with Gasteiger partial charge in [0.2, 0.25) is 0 Å². The molecule has 0 bridgehead atoms. The average molecular weight is 383 g/mol. The number of methoxy groups -OCH3 is 1. The number of rotatable bonds is 6. The minimum atomic E-state index is -1.06. The molecule has 0 saturated heterocycles. The molecule has 26 heavy (non-hydrogen) atoms. The van der Waals surface area contributed by atoms with Crippen molar-refractivity contribution in [3.8, 4) is 0 Å². The van der Waals surface area contributed by atoms with Crippen LogP contribution >= 0.6 is 11.3 Å². The van der Waals surface area contributed by atoms with E-state index in [1.54, 1.807) is 11.3 Å². The molecular weight excluding hydrogens is 364 g/mol. The van der Waals surface area contributed by atoms with Gasteiger partial charge in [-0.05, 0) is 31.6 Å². The van der Waals surface area contributed by atoms with E-state index in [1.165, 1.54) is 0 Å². The molecule has 2 rings (SSSR count). The number of likely N-dealkylation sites (N-methyl/N-ethyl adjacent to an activating group) is 1. The molecule has 0 spiro atoms. The Kier molecular flexibility index (Phi) is 6.64. The second-order valence-corrected chi connectivity index (χ2v) is 6.61. The van der Waals surface area contributed by atoms with Crippen LogP contribution in [0.25, 0.3) is 0 Å². The highest BCUT2D eigenvalue weighted by molar-refractivity contribution is 7.10. The molecule has 0 aliphatic heterocycles. The van der Waals surface area contributed by atoms with E-state index in [4.69, 9.17) is 0 Å². The standard InChI is InChI=1S/C17H19F2N3O3S/c1-22(2)14(15-5-4-6-26-15)9-20-17(24)21-13-7-10(16(23)25-3)11(18)8-12(13)19/h4-8,14H,9H2,1-3H3,(H2,20,21,24)/t14-/m0/s1. The Morgan fingerprint density at radius 3 is 2.58 bits per heavy atom. The summed E-state index contributed by atoms with van der Waals surface area (Å²) in [4.78, 5) is 26.6. The second-order valence-electron chi connectivity index (χ2n) is 5.63. The Labute approximate surface area is 153 Å². The molecule has 0 aliphatic carbocycles. The van der Waals surface area contributed by atoms with E-state index in [0.717, 1.165) is 18.1 Å².